The highest BCUT2D eigenvalue weighted by Gasteiger charge is 2.19. The summed E-state index contributed by atoms with van der Waals surface area (Å²) in [6, 6.07) is 13.2. The maximum Gasteiger partial charge on any atom is 0.154 e. The Bertz CT molecular complexity index is 627. The summed E-state index contributed by atoms with van der Waals surface area (Å²) in [5, 5.41) is 0. The second-order valence-corrected chi connectivity index (χ2v) is 4.69. The lowest BCUT2D eigenvalue weighted by atomic mass is 10.00. The average molecular weight is 260 g/mol. The lowest BCUT2D eigenvalue weighted by Crippen LogP contribution is -2.08. The fourth-order valence-corrected chi connectivity index (χ4v) is 2.42. The molecule has 18 heavy (non-hydrogen) atoms. The fraction of sp³-hybridized carbons (Fsp3) is 0.0769. The third kappa shape index (κ3) is 1.98. The van der Waals surface area contributed by atoms with Gasteiger partial charge in [-0.3, -0.25) is 4.21 Å². The van der Waals surface area contributed by atoms with E-state index in [2.05, 4.69) is 4.72 Å². The minimum atomic E-state index is -2.35. The van der Waals surface area contributed by atoms with Crippen molar-refractivity contribution < 1.29 is 13.5 Å². The number of para-hydroxylation sites is 2. The van der Waals surface area contributed by atoms with E-state index in [9.17, 15) is 8.76 Å². The summed E-state index contributed by atoms with van der Waals surface area (Å²) < 4.78 is 29.6. The molecule has 1 N–H and O–H groups in total. The number of rotatable bonds is 2. The third-order valence-electron chi connectivity index (χ3n) is 2.86. The zero-order chi connectivity index (χ0) is 12.5. The smallest absolute Gasteiger partial charge is 0.154 e. The molecule has 0 amide bonds. The first-order valence-corrected chi connectivity index (χ1v) is 6.55. The average Bonchev–Trinajstić information content (AvgIpc) is 2.36. The molecule has 0 aromatic heterocycles. The number of benzene rings is 2. The highest BCUT2D eigenvalue weighted by Crippen LogP contribution is 2.40. The molecule has 1 aliphatic heterocycles. The molecule has 0 aliphatic carbocycles. The van der Waals surface area contributed by atoms with Crippen molar-refractivity contribution in [2.75, 3.05) is 4.72 Å². The van der Waals surface area contributed by atoms with Gasteiger partial charge < -0.3 is 14.0 Å². The molecule has 0 bridgehead atoms. The Morgan fingerprint density at radius 2 is 1.89 bits per heavy atom. The molecular formula is C13H10NO3S-. The molecule has 0 spiro atoms. The predicted octanol–water partition coefficient (Wildman–Crippen LogP) is 2.59. The van der Waals surface area contributed by atoms with Crippen molar-refractivity contribution in [2.24, 2.45) is 0 Å². The standard InChI is InChI=1S/C13H11NO3S/c15-18(16)14-11-6-3-5-10-8-9-4-1-2-7-12(9)17-13(10)11/h1-7,14H,8H2,(H,15,16)/p-1. The minimum absolute atomic E-state index is 0.468. The van der Waals surface area contributed by atoms with Gasteiger partial charge in [-0.05, 0) is 17.7 Å². The van der Waals surface area contributed by atoms with Crippen LogP contribution in [0.15, 0.2) is 42.5 Å². The maximum absolute atomic E-state index is 10.7. The molecule has 0 saturated heterocycles. The van der Waals surface area contributed by atoms with E-state index in [1.54, 1.807) is 6.07 Å². The van der Waals surface area contributed by atoms with Crippen LogP contribution in [0.3, 0.4) is 0 Å². The molecule has 3 rings (SSSR count). The van der Waals surface area contributed by atoms with Crippen molar-refractivity contribution in [2.45, 2.75) is 6.42 Å². The van der Waals surface area contributed by atoms with Crippen LogP contribution in [0, 0.1) is 0 Å². The number of hydrogen-bond donors (Lipinski definition) is 1. The molecule has 5 heteroatoms. The summed E-state index contributed by atoms with van der Waals surface area (Å²) in [6.07, 6.45) is 0.743. The molecule has 0 saturated carbocycles. The number of nitrogens with one attached hydrogen (secondary N) is 1. The number of hydrogen-bond acceptors (Lipinski definition) is 3. The van der Waals surface area contributed by atoms with E-state index in [0.29, 0.717) is 11.4 Å². The highest BCUT2D eigenvalue weighted by molar-refractivity contribution is 7.80. The largest absolute Gasteiger partial charge is 0.755 e. The summed E-state index contributed by atoms with van der Waals surface area (Å²) in [5.74, 6) is 1.36. The van der Waals surface area contributed by atoms with Crippen LogP contribution < -0.4 is 9.46 Å². The first kappa shape index (κ1) is 11.3. The van der Waals surface area contributed by atoms with Crippen molar-refractivity contribution in [1.82, 2.24) is 0 Å². The lowest BCUT2D eigenvalue weighted by Gasteiger charge is -2.23. The minimum Gasteiger partial charge on any atom is -0.755 e. The van der Waals surface area contributed by atoms with Crippen LogP contribution in [0.4, 0.5) is 5.69 Å². The normalized spacial score (nSPS) is 14.1. The Morgan fingerprint density at radius 1 is 1.11 bits per heavy atom. The number of anilines is 1. The third-order valence-corrected chi connectivity index (χ3v) is 3.24. The maximum atomic E-state index is 10.7. The van der Waals surface area contributed by atoms with Crippen LogP contribution >= 0.6 is 0 Å². The highest BCUT2D eigenvalue weighted by atomic mass is 32.2. The second-order valence-electron chi connectivity index (χ2n) is 4.02. The fourth-order valence-electron chi connectivity index (χ4n) is 2.08. The van der Waals surface area contributed by atoms with Crippen molar-refractivity contribution in [1.29, 1.82) is 0 Å². The Kier molecular flexibility index (Phi) is 2.77. The SMILES string of the molecule is O=S([O-])Nc1cccc2c1Oc1ccccc1C2. The Balaban J connectivity index is 2.04. The zero-order valence-electron chi connectivity index (χ0n) is 9.38. The summed E-state index contributed by atoms with van der Waals surface area (Å²) >= 11 is -2.35. The molecule has 2 aromatic carbocycles. The van der Waals surface area contributed by atoms with Crippen LogP contribution in [0.5, 0.6) is 11.5 Å². The second kappa shape index (κ2) is 4.44. The molecule has 1 heterocycles. The van der Waals surface area contributed by atoms with Gasteiger partial charge in [0.2, 0.25) is 0 Å². The van der Waals surface area contributed by atoms with Gasteiger partial charge in [-0.15, -0.1) is 0 Å². The number of fused-ring (bicyclic) bond motifs is 2. The van der Waals surface area contributed by atoms with Crippen molar-refractivity contribution in [3.05, 3.63) is 53.6 Å². The van der Waals surface area contributed by atoms with E-state index in [1.807, 2.05) is 36.4 Å². The van der Waals surface area contributed by atoms with Gasteiger partial charge in [-0.2, -0.15) is 0 Å². The zero-order valence-corrected chi connectivity index (χ0v) is 10.2. The van der Waals surface area contributed by atoms with Crippen LogP contribution in [0.2, 0.25) is 0 Å². The topological polar surface area (TPSA) is 61.4 Å². The van der Waals surface area contributed by atoms with Crippen molar-refractivity contribution in [3.63, 3.8) is 0 Å². The van der Waals surface area contributed by atoms with Crippen molar-refractivity contribution in [3.8, 4) is 11.5 Å². The lowest BCUT2D eigenvalue weighted by molar-refractivity contribution is 0.462. The molecule has 0 fully saturated rings. The van der Waals surface area contributed by atoms with Gasteiger partial charge in [0.05, 0.1) is 5.69 Å². The molecular weight excluding hydrogens is 250 g/mol. The number of ether oxygens (including phenoxy) is 1. The Labute approximate surface area is 107 Å². The quantitative estimate of drug-likeness (QED) is 0.720. The van der Waals surface area contributed by atoms with E-state index >= 15 is 0 Å². The molecule has 2 aromatic rings. The van der Waals surface area contributed by atoms with E-state index < -0.39 is 11.3 Å². The summed E-state index contributed by atoms with van der Waals surface area (Å²) in [4.78, 5) is 0. The summed E-state index contributed by atoms with van der Waals surface area (Å²) in [7, 11) is 0. The van der Waals surface area contributed by atoms with Gasteiger partial charge in [0.15, 0.2) is 5.75 Å². The van der Waals surface area contributed by atoms with Crippen LogP contribution in [0.25, 0.3) is 0 Å². The van der Waals surface area contributed by atoms with Gasteiger partial charge in [0, 0.05) is 23.3 Å². The van der Waals surface area contributed by atoms with Crippen LogP contribution in [0.1, 0.15) is 11.1 Å². The van der Waals surface area contributed by atoms with Gasteiger partial charge in [-0.25, -0.2) is 0 Å². The first-order valence-electron chi connectivity index (χ1n) is 5.47. The Hall–Kier alpha value is -1.85. The monoisotopic (exact) mass is 260 g/mol. The van der Waals surface area contributed by atoms with Crippen molar-refractivity contribution >= 4 is 17.0 Å². The molecule has 4 nitrogen and oxygen atoms in total. The molecule has 1 aliphatic rings. The van der Waals surface area contributed by atoms with E-state index in [-0.39, 0.29) is 0 Å². The molecule has 1 unspecified atom stereocenters. The van der Waals surface area contributed by atoms with E-state index in [4.69, 9.17) is 4.74 Å². The van der Waals surface area contributed by atoms with Gasteiger partial charge in [-0.1, -0.05) is 30.3 Å². The molecule has 0 radical (unpaired) electrons. The van der Waals surface area contributed by atoms with E-state index in [0.717, 1.165) is 23.3 Å². The van der Waals surface area contributed by atoms with Gasteiger partial charge in [0.25, 0.3) is 0 Å². The Morgan fingerprint density at radius 3 is 2.72 bits per heavy atom. The molecule has 1 atom stereocenters. The predicted molar refractivity (Wildman–Crippen MR) is 68.3 cm³/mol. The first-order chi connectivity index (χ1) is 8.74. The van der Waals surface area contributed by atoms with Crippen LogP contribution in [-0.4, -0.2) is 8.76 Å². The summed E-state index contributed by atoms with van der Waals surface area (Å²) in [5.41, 5.74) is 2.55. The van der Waals surface area contributed by atoms with E-state index in [1.165, 1.54) is 0 Å². The van der Waals surface area contributed by atoms with Gasteiger partial charge in [0.1, 0.15) is 5.75 Å². The summed E-state index contributed by atoms with van der Waals surface area (Å²) in [6.45, 7) is 0. The molecule has 92 valence electrons. The van der Waals surface area contributed by atoms with Gasteiger partial charge >= 0.3 is 0 Å². The van der Waals surface area contributed by atoms with Crippen LogP contribution in [-0.2, 0) is 17.7 Å².